The molecule has 174 valence electrons. The van der Waals surface area contributed by atoms with E-state index in [2.05, 4.69) is 29.3 Å². The highest BCUT2D eigenvalue weighted by atomic mass is 16.5. The highest BCUT2D eigenvalue weighted by molar-refractivity contribution is 5.99. The number of pyridine rings is 1. The van der Waals surface area contributed by atoms with E-state index in [4.69, 9.17) is 9.72 Å². The Morgan fingerprint density at radius 2 is 1.97 bits per heavy atom. The van der Waals surface area contributed by atoms with Crippen molar-refractivity contribution in [3.63, 3.8) is 0 Å². The number of carbonyl (C=O) groups excluding carboxylic acids is 1. The largest absolute Gasteiger partial charge is 0.389 e. The average molecular weight is 444 g/mol. The Morgan fingerprint density at radius 1 is 1.25 bits per heavy atom. The van der Waals surface area contributed by atoms with Gasteiger partial charge in [-0.15, -0.1) is 0 Å². The van der Waals surface area contributed by atoms with Gasteiger partial charge in [0.05, 0.1) is 24.3 Å². The van der Waals surface area contributed by atoms with E-state index in [1.54, 1.807) is 17.7 Å². The number of hydrogen-bond acceptors (Lipinski definition) is 8. The first-order valence-corrected chi connectivity index (χ1v) is 11.4. The van der Waals surface area contributed by atoms with Gasteiger partial charge in [0, 0.05) is 30.3 Å². The summed E-state index contributed by atoms with van der Waals surface area (Å²) in [6.07, 6.45) is 5.35. The van der Waals surface area contributed by atoms with Gasteiger partial charge < -0.3 is 20.1 Å². The summed E-state index contributed by atoms with van der Waals surface area (Å²) in [5, 5.41) is 14.1. The lowest BCUT2D eigenvalue weighted by atomic mass is 9.89. The minimum Gasteiger partial charge on any atom is -0.389 e. The summed E-state index contributed by atoms with van der Waals surface area (Å²) in [7, 11) is 4.17. The Morgan fingerprint density at radius 3 is 2.59 bits per heavy atom. The zero-order valence-corrected chi connectivity index (χ0v) is 19.3. The number of rotatable bonds is 5. The molecule has 1 saturated heterocycles. The molecule has 0 unspecified atom stereocenters. The van der Waals surface area contributed by atoms with Gasteiger partial charge in [-0.2, -0.15) is 4.98 Å². The van der Waals surface area contributed by atoms with Crippen LogP contribution in [0.3, 0.4) is 0 Å². The van der Waals surface area contributed by atoms with Crippen molar-refractivity contribution in [3.05, 3.63) is 27.7 Å². The third kappa shape index (κ3) is 4.29. The Balaban J connectivity index is 1.78. The quantitative estimate of drug-likeness (QED) is 0.675. The third-order valence-electron chi connectivity index (χ3n) is 6.96. The standard InChI is InChI=1S/C23H33N5O4/c1-13-17-11-24-23(25-18-9-10-32-12-19(18)30)26-21(17)28(22(31)20(13)14(2)29)16-7-5-15(6-8-16)27(3)4/h11,15-16,18-19,30H,5-10,12H2,1-4H3,(H,24,25,26)/t15?,16?,18-,19-/m1/s1. The van der Waals surface area contributed by atoms with Gasteiger partial charge >= 0.3 is 0 Å². The van der Waals surface area contributed by atoms with E-state index in [0.29, 0.717) is 41.6 Å². The van der Waals surface area contributed by atoms with Gasteiger partial charge in [-0.1, -0.05) is 0 Å². The van der Waals surface area contributed by atoms with E-state index in [0.717, 1.165) is 25.7 Å². The number of aromatic nitrogens is 3. The second-order valence-corrected chi connectivity index (χ2v) is 9.27. The number of aliphatic hydroxyl groups is 1. The van der Waals surface area contributed by atoms with Gasteiger partial charge in [0.25, 0.3) is 5.56 Å². The lowest BCUT2D eigenvalue weighted by Gasteiger charge is -2.34. The molecule has 1 aliphatic heterocycles. The smallest absolute Gasteiger partial charge is 0.263 e. The van der Waals surface area contributed by atoms with Gasteiger partial charge in [0.1, 0.15) is 5.65 Å². The fourth-order valence-corrected chi connectivity index (χ4v) is 5.05. The number of fused-ring (bicyclic) bond motifs is 1. The van der Waals surface area contributed by atoms with Crippen LogP contribution in [0.25, 0.3) is 11.0 Å². The Hall–Kier alpha value is -2.36. The minimum atomic E-state index is -0.645. The summed E-state index contributed by atoms with van der Waals surface area (Å²) in [4.78, 5) is 37.3. The summed E-state index contributed by atoms with van der Waals surface area (Å²) >= 11 is 0. The number of anilines is 1. The molecule has 4 rings (SSSR count). The van der Waals surface area contributed by atoms with Crippen LogP contribution < -0.4 is 10.9 Å². The van der Waals surface area contributed by atoms with Crippen LogP contribution in [0.15, 0.2) is 11.0 Å². The van der Waals surface area contributed by atoms with Crippen LogP contribution in [0.2, 0.25) is 0 Å². The Bertz CT molecular complexity index is 1060. The van der Waals surface area contributed by atoms with Gasteiger partial charge in [-0.25, -0.2) is 4.98 Å². The van der Waals surface area contributed by atoms with Crippen LogP contribution in [0.5, 0.6) is 0 Å². The van der Waals surface area contributed by atoms with Gasteiger partial charge in [-0.05, 0) is 65.6 Å². The van der Waals surface area contributed by atoms with Crippen molar-refractivity contribution >= 4 is 22.8 Å². The molecule has 0 spiro atoms. The zero-order chi connectivity index (χ0) is 23.0. The molecule has 9 nitrogen and oxygen atoms in total. The molecule has 3 heterocycles. The summed E-state index contributed by atoms with van der Waals surface area (Å²) in [6, 6.07) is 0.263. The molecule has 32 heavy (non-hydrogen) atoms. The van der Waals surface area contributed by atoms with Gasteiger partial charge in [-0.3, -0.25) is 14.2 Å². The summed E-state index contributed by atoms with van der Waals surface area (Å²) in [5.41, 5.74) is 1.11. The van der Waals surface area contributed by atoms with Crippen LogP contribution in [-0.2, 0) is 4.74 Å². The summed E-state index contributed by atoms with van der Waals surface area (Å²) in [5.74, 6) is 0.131. The van der Waals surface area contributed by atoms with Crippen LogP contribution in [0.4, 0.5) is 5.95 Å². The monoisotopic (exact) mass is 443 g/mol. The first kappa shape index (κ1) is 22.8. The van der Waals surface area contributed by atoms with Crippen LogP contribution in [-0.4, -0.2) is 75.8 Å². The number of aliphatic hydroxyl groups excluding tert-OH is 1. The lowest BCUT2D eigenvalue weighted by molar-refractivity contribution is -0.0136. The Kier molecular flexibility index (Phi) is 6.60. The Labute approximate surface area is 187 Å². The van der Waals surface area contributed by atoms with Crippen molar-refractivity contribution in [2.24, 2.45) is 0 Å². The lowest BCUT2D eigenvalue weighted by Crippen LogP contribution is -2.42. The molecule has 0 bridgehead atoms. The van der Waals surface area contributed by atoms with Crippen molar-refractivity contribution in [2.75, 3.05) is 32.6 Å². The SMILES string of the molecule is CC(=O)c1c(C)c2cnc(N[C@@H]3CCOC[C@H]3O)nc2n(C2CCC(N(C)C)CC2)c1=O. The summed E-state index contributed by atoms with van der Waals surface area (Å²) in [6.45, 7) is 4.05. The zero-order valence-electron chi connectivity index (χ0n) is 19.3. The first-order valence-electron chi connectivity index (χ1n) is 11.4. The van der Waals surface area contributed by atoms with E-state index < -0.39 is 6.10 Å². The van der Waals surface area contributed by atoms with Crippen molar-refractivity contribution in [3.8, 4) is 0 Å². The van der Waals surface area contributed by atoms with Crippen molar-refractivity contribution in [1.82, 2.24) is 19.4 Å². The molecule has 1 aliphatic carbocycles. The number of nitrogens with one attached hydrogen (secondary N) is 1. The molecule has 2 aromatic rings. The maximum absolute atomic E-state index is 13.5. The highest BCUT2D eigenvalue weighted by Gasteiger charge is 2.29. The van der Waals surface area contributed by atoms with E-state index in [-0.39, 0.29) is 35.6 Å². The van der Waals surface area contributed by atoms with Crippen LogP contribution in [0, 0.1) is 6.92 Å². The number of aryl methyl sites for hydroxylation is 1. The predicted molar refractivity (Wildman–Crippen MR) is 122 cm³/mol. The minimum absolute atomic E-state index is 0.0173. The molecular weight excluding hydrogens is 410 g/mol. The van der Waals surface area contributed by atoms with Gasteiger partial charge in [0.15, 0.2) is 5.78 Å². The maximum atomic E-state index is 13.5. The molecule has 2 atom stereocenters. The number of Topliss-reactive ketones (excluding diaryl/α,β-unsaturated/α-hetero) is 1. The molecule has 2 aliphatic rings. The number of ether oxygens (including phenoxy) is 1. The molecule has 2 N–H and O–H groups in total. The van der Waals surface area contributed by atoms with Crippen LogP contribution in [0.1, 0.15) is 61.0 Å². The molecule has 0 radical (unpaired) electrons. The topological polar surface area (TPSA) is 110 Å². The molecule has 2 aromatic heterocycles. The molecule has 2 fully saturated rings. The van der Waals surface area contributed by atoms with Gasteiger partial charge in [0.2, 0.25) is 5.95 Å². The van der Waals surface area contributed by atoms with E-state index in [1.807, 2.05) is 0 Å². The molecule has 0 aromatic carbocycles. The molecule has 9 heteroatoms. The fraction of sp³-hybridized carbons (Fsp3) is 0.652. The predicted octanol–water partition coefficient (Wildman–Crippen LogP) is 1.91. The first-order chi connectivity index (χ1) is 15.3. The molecule has 0 amide bonds. The second-order valence-electron chi connectivity index (χ2n) is 9.27. The van der Waals surface area contributed by atoms with E-state index in [1.165, 1.54) is 6.92 Å². The van der Waals surface area contributed by atoms with E-state index in [9.17, 15) is 14.7 Å². The average Bonchev–Trinajstić information content (AvgIpc) is 2.75. The van der Waals surface area contributed by atoms with E-state index >= 15 is 0 Å². The highest BCUT2D eigenvalue weighted by Crippen LogP contribution is 2.32. The number of nitrogens with zero attached hydrogens (tertiary/aromatic N) is 4. The molecular formula is C23H33N5O4. The number of carbonyl (C=O) groups is 1. The number of hydrogen-bond donors (Lipinski definition) is 2. The van der Waals surface area contributed by atoms with Crippen molar-refractivity contribution < 1.29 is 14.6 Å². The second kappa shape index (κ2) is 9.25. The molecule has 1 saturated carbocycles. The van der Waals surface area contributed by atoms with Crippen molar-refractivity contribution in [2.45, 2.75) is 70.2 Å². The van der Waals surface area contributed by atoms with Crippen molar-refractivity contribution in [1.29, 1.82) is 0 Å². The fourth-order valence-electron chi connectivity index (χ4n) is 5.05. The van der Waals surface area contributed by atoms with Crippen LogP contribution >= 0.6 is 0 Å². The summed E-state index contributed by atoms with van der Waals surface area (Å²) < 4.78 is 7.02. The number of ketones is 1. The maximum Gasteiger partial charge on any atom is 0.263 e. The third-order valence-corrected chi connectivity index (χ3v) is 6.96. The normalized spacial score (nSPS) is 26.4.